The number of carbonyl (C=O) groups is 1. The summed E-state index contributed by atoms with van der Waals surface area (Å²) in [4.78, 5) is 15.5. The SMILES string of the molecule is NC(=O)c1ccc(Cc2cccc3ccccc23)c2[nH]c3ccccc3c12. The van der Waals surface area contributed by atoms with Gasteiger partial charge in [-0.15, -0.1) is 0 Å². The molecule has 5 rings (SSSR count). The largest absolute Gasteiger partial charge is 0.366 e. The predicted octanol–water partition coefficient (Wildman–Crippen LogP) is 5.16. The van der Waals surface area contributed by atoms with Crippen LogP contribution in [-0.2, 0) is 6.42 Å². The van der Waals surface area contributed by atoms with E-state index < -0.39 is 5.91 Å². The molecule has 5 aromatic rings. The Hall–Kier alpha value is -3.59. The quantitative estimate of drug-likeness (QED) is 0.464. The van der Waals surface area contributed by atoms with Crippen LogP contribution < -0.4 is 5.73 Å². The summed E-state index contributed by atoms with van der Waals surface area (Å²) in [6.45, 7) is 0. The molecule has 0 radical (unpaired) electrons. The Morgan fingerprint density at radius 3 is 2.37 bits per heavy atom. The number of rotatable bonds is 3. The molecule has 0 aliphatic carbocycles. The highest BCUT2D eigenvalue weighted by molar-refractivity contribution is 6.18. The zero-order chi connectivity index (χ0) is 18.4. The first-order valence-corrected chi connectivity index (χ1v) is 9.01. The molecule has 0 aliphatic rings. The van der Waals surface area contributed by atoms with Crippen LogP contribution in [0.15, 0.2) is 78.9 Å². The Balaban J connectivity index is 1.76. The van der Waals surface area contributed by atoms with Gasteiger partial charge in [0.15, 0.2) is 0 Å². The second kappa shape index (κ2) is 5.99. The fraction of sp³-hybridized carbons (Fsp3) is 0.0417. The molecule has 3 heteroatoms. The van der Waals surface area contributed by atoms with Crippen molar-refractivity contribution in [2.75, 3.05) is 0 Å². The Morgan fingerprint density at radius 2 is 1.52 bits per heavy atom. The summed E-state index contributed by atoms with van der Waals surface area (Å²) < 4.78 is 0. The highest BCUT2D eigenvalue weighted by Crippen LogP contribution is 2.32. The number of primary amides is 1. The summed E-state index contributed by atoms with van der Waals surface area (Å²) in [5.41, 5.74) is 10.6. The standard InChI is InChI=1S/C24H18N2O/c25-24(27)20-13-12-17(23-22(20)19-10-3-4-11-21(19)26-23)14-16-8-5-7-15-6-1-2-9-18(15)16/h1-13,26H,14H2,(H2,25,27). The zero-order valence-corrected chi connectivity index (χ0v) is 14.7. The fourth-order valence-corrected chi connectivity index (χ4v) is 4.02. The number of fused-ring (bicyclic) bond motifs is 4. The highest BCUT2D eigenvalue weighted by Gasteiger charge is 2.16. The van der Waals surface area contributed by atoms with Gasteiger partial charge in [-0.1, -0.05) is 66.7 Å². The number of H-pyrrole nitrogens is 1. The molecule has 0 unspecified atom stereocenters. The monoisotopic (exact) mass is 350 g/mol. The van der Waals surface area contributed by atoms with E-state index in [0.717, 1.165) is 33.8 Å². The summed E-state index contributed by atoms with van der Waals surface area (Å²) in [6.07, 6.45) is 0.781. The van der Waals surface area contributed by atoms with Gasteiger partial charge in [0.1, 0.15) is 0 Å². The van der Waals surface area contributed by atoms with Gasteiger partial charge < -0.3 is 10.7 Å². The van der Waals surface area contributed by atoms with Crippen molar-refractivity contribution in [3.8, 4) is 0 Å². The molecular formula is C24H18N2O. The predicted molar refractivity (Wildman–Crippen MR) is 111 cm³/mol. The molecule has 1 heterocycles. The number of aromatic amines is 1. The van der Waals surface area contributed by atoms with Gasteiger partial charge in [-0.2, -0.15) is 0 Å². The third-order valence-corrected chi connectivity index (χ3v) is 5.27. The minimum Gasteiger partial charge on any atom is -0.366 e. The van der Waals surface area contributed by atoms with Crippen molar-refractivity contribution in [3.05, 3.63) is 95.6 Å². The minimum atomic E-state index is -0.401. The fourth-order valence-electron chi connectivity index (χ4n) is 4.02. The molecular weight excluding hydrogens is 332 g/mol. The number of aromatic nitrogens is 1. The van der Waals surface area contributed by atoms with E-state index in [2.05, 4.69) is 47.4 Å². The second-order valence-electron chi connectivity index (χ2n) is 6.87. The summed E-state index contributed by atoms with van der Waals surface area (Å²) in [6, 6.07) is 26.7. The van der Waals surface area contributed by atoms with Gasteiger partial charge in [-0.05, 0) is 34.0 Å². The van der Waals surface area contributed by atoms with Crippen LogP contribution in [-0.4, -0.2) is 10.9 Å². The van der Waals surface area contributed by atoms with Crippen LogP contribution in [0.5, 0.6) is 0 Å². The third kappa shape index (κ3) is 2.48. The Morgan fingerprint density at radius 1 is 0.778 bits per heavy atom. The van der Waals surface area contributed by atoms with E-state index in [-0.39, 0.29) is 0 Å². The van der Waals surface area contributed by atoms with Crippen molar-refractivity contribution in [2.45, 2.75) is 6.42 Å². The van der Waals surface area contributed by atoms with Crippen LogP contribution in [0.1, 0.15) is 21.5 Å². The van der Waals surface area contributed by atoms with Gasteiger partial charge in [0, 0.05) is 28.3 Å². The third-order valence-electron chi connectivity index (χ3n) is 5.27. The average Bonchev–Trinajstić information content (AvgIpc) is 3.08. The topological polar surface area (TPSA) is 58.9 Å². The molecule has 3 nitrogen and oxygen atoms in total. The van der Waals surface area contributed by atoms with E-state index in [0.29, 0.717) is 5.56 Å². The van der Waals surface area contributed by atoms with Crippen molar-refractivity contribution < 1.29 is 4.79 Å². The van der Waals surface area contributed by atoms with Crippen molar-refractivity contribution in [2.24, 2.45) is 5.73 Å². The van der Waals surface area contributed by atoms with Crippen LogP contribution in [0.25, 0.3) is 32.6 Å². The maximum Gasteiger partial charge on any atom is 0.249 e. The van der Waals surface area contributed by atoms with E-state index in [9.17, 15) is 4.79 Å². The average molecular weight is 350 g/mol. The van der Waals surface area contributed by atoms with E-state index in [1.807, 2.05) is 36.4 Å². The summed E-state index contributed by atoms with van der Waals surface area (Å²) >= 11 is 0. The molecule has 4 aromatic carbocycles. The number of para-hydroxylation sites is 1. The van der Waals surface area contributed by atoms with Crippen molar-refractivity contribution in [1.29, 1.82) is 0 Å². The van der Waals surface area contributed by atoms with Gasteiger partial charge in [0.25, 0.3) is 0 Å². The van der Waals surface area contributed by atoms with Crippen LogP contribution in [0.3, 0.4) is 0 Å². The highest BCUT2D eigenvalue weighted by atomic mass is 16.1. The van der Waals surface area contributed by atoms with E-state index in [4.69, 9.17) is 5.73 Å². The lowest BCUT2D eigenvalue weighted by atomic mass is 9.95. The summed E-state index contributed by atoms with van der Waals surface area (Å²) in [5.74, 6) is -0.401. The number of carbonyl (C=O) groups excluding carboxylic acids is 1. The molecule has 0 atom stereocenters. The molecule has 1 aromatic heterocycles. The molecule has 0 bridgehead atoms. The Kier molecular flexibility index (Phi) is 3.47. The first-order chi connectivity index (χ1) is 13.2. The number of benzene rings is 4. The van der Waals surface area contributed by atoms with Gasteiger partial charge >= 0.3 is 0 Å². The van der Waals surface area contributed by atoms with Gasteiger partial charge in [-0.3, -0.25) is 4.79 Å². The normalized spacial score (nSPS) is 11.4. The van der Waals surface area contributed by atoms with Gasteiger partial charge in [-0.25, -0.2) is 0 Å². The lowest BCUT2D eigenvalue weighted by Gasteiger charge is -2.09. The lowest BCUT2D eigenvalue weighted by molar-refractivity contribution is 0.100. The molecule has 0 saturated heterocycles. The first-order valence-electron chi connectivity index (χ1n) is 9.01. The zero-order valence-electron chi connectivity index (χ0n) is 14.7. The summed E-state index contributed by atoms with van der Waals surface area (Å²) in [7, 11) is 0. The number of hydrogen-bond donors (Lipinski definition) is 2. The van der Waals surface area contributed by atoms with Crippen molar-refractivity contribution >= 4 is 38.5 Å². The molecule has 3 N–H and O–H groups in total. The van der Waals surface area contributed by atoms with Gasteiger partial charge in [0.05, 0.1) is 5.52 Å². The van der Waals surface area contributed by atoms with Crippen LogP contribution >= 0.6 is 0 Å². The van der Waals surface area contributed by atoms with Crippen LogP contribution in [0.4, 0.5) is 0 Å². The maximum absolute atomic E-state index is 12.0. The number of hydrogen-bond acceptors (Lipinski definition) is 1. The lowest BCUT2D eigenvalue weighted by Crippen LogP contribution is -2.11. The number of nitrogens with two attached hydrogens (primary N) is 1. The molecule has 1 amide bonds. The van der Waals surface area contributed by atoms with E-state index in [1.165, 1.54) is 16.3 Å². The maximum atomic E-state index is 12.0. The molecule has 0 spiro atoms. The molecule has 0 fully saturated rings. The molecule has 130 valence electrons. The number of amides is 1. The minimum absolute atomic E-state index is 0.401. The Bertz CT molecular complexity index is 1330. The van der Waals surface area contributed by atoms with E-state index in [1.54, 1.807) is 0 Å². The smallest absolute Gasteiger partial charge is 0.249 e. The van der Waals surface area contributed by atoms with Crippen molar-refractivity contribution in [3.63, 3.8) is 0 Å². The number of nitrogens with one attached hydrogen (secondary N) is 1. The van der Waals surface area contributed by atoms with Crippen LogP contribution in [0, 0.1) is 0 Å². The Labute approximate surface area is 156 Å². The summed E-state index contributed by atoms with van der Waals surface area (Å²) in [5, 5.41) is 4.43. The molecule has 0 saturated carbocycles. The molecule has 27 heavy (non-hydrogen) atoms. The first kappa shape index (κ1) is 15.6. The van der Waals surface area contributed by atoms with Gasteiger partial charge in [0.2, 0.25) is 5.91 Å². The van der Waals surface area contributed by atoms with E-state index >= 15 is 0 Å². The van der Waals surface area contributed by atoms with Crippen molar-refractivity contribution in [1.82, 2.24) is 4.98 Å². The second-order valence-corrected chi connectivity index (χ2v) is 6.87. The molecule has 0 aliphatic heterocycles. The van der Waals surface area contributed by atoms with Crippen LogP contribution in [0.2, 0.25) is 0 Å².